The number of aliphatic hydroxyl groups is 2. The molecule has 72 valence electrons. The lowest BCUT2D eigenvalue weighted by molar-refractivity contribution is -0.0528. The van der Waals surface area contributed by atoms with Gasteiger partial charge in [-0.05, 0) is 32.6 Å². The van der Waals surface area contributed by atoms with Gasteiger partial charge in [0.1, 0.15) is 0 Å². The molecule has 2 heteroatoms. The Morgan fingerprint density at radius 1 is 1.42 bits per heavy atom. The lowest BCUT2D eigenvalue weighted by atomic mass is 9.94. The molecule has 0 radical (unpaired) electrons. The predicted molar refractivity (Wildman–Crippen MR) is 50.9 cm³/mol. The predicted octanol–water partition coefficient (Wildman–Crippen LogP) is 1.72. The Labute approximate surface area is 74.9 Å². The van der Waals surface area contributed by atoms with E-state index in [4.69, 9.17) is 0 Å². The molecule has 12 heavy (non-hydrogen) atoms. The molecule has 0 bridgehead atoms. The van der Waals surface area contributed by atoms with Crippen molar-refractivity contribution in [2.45, 2.75) is 45.3 Å². The molecule has 0 rings (SSSR count). The summed E-state index contributed by atoms with van der Waals surface area (Å²) in [6.45, 7) is 8.94. The molecule has 0 aromatic heterocycles. The summed E-state index contributed by atoms with van der Waals surface area (Å²) in [4.78, 5) is 0. The standard InChI is InChI=1S/C10H20O2/c1-5-8(2)6-7-9(11)10(3,4)12/h5,8-9,11-12H,1,6-7H2,2-4H3/t8-,9-/m0/s1. The number of allylic oxidation sites excluding steroid dienone is 1. The molecule has 0 saturated carbocycles. The van der Waals surface area contributed by atoms with Crippen molar-refractivity contribution >= 4 is 0 Å². The van der Waals surface area contributed by atoms with E-state index in [-0.39, 0.29) is 0 Å². The van der Waals surface area contributed by atoms with Crippen molar-refractivity contribution in [3.63, 3.8) is 0 Å². The van der Waals surface area contributed by atoms with Crippen LogP contribution in [0.3, 0.4) is 0 Å². The molecular weight excluding hydrogens is 152 g/mol. The van der Waals surface area contributed by atoms with Gasteiger partial charge < -0.3 is 10.2 Å². The second kappa shape index (κ2) is 4.63. The van der Waals surface area contributed by atoms with Gasteiger partial charge in [0.2, 0.25) is 0 Å². The van der Waals surface area contributed by atoms with Crippen LogP contribution in [-0.2, 0) is 0 Å². The Kier molecular flexibility index (Phi) is 4.50. The maximum Gasteiger partial charge on any atom is 0.0849 e. The molecule has 2 nitrogen and oxygen atoms in total. The van der Waals surface area contributed by atoms with E-state index in [9.17, 15) is 10.2 Å². The molecular formula is C10H20O2. The Bertz CT molecular complexity index is 135. The summed E-state index contributed by atoms with van der Waals surface area (Å²) in [5.74, 6) is 0.405. The van der Waals surface area contributed by atoms with E-state index in [1.165, 1.54) is 0 Å². The summed E-state index contributed by atoms with van der Waals surface area (Å²) in [6, 6.07) is 0. The highest BCUT2D eigenvalue weighted by atomic mass is 16.3. The van der Waals surface area contributed by atoms with Crippen LogP contribution < -0.4 is 0 Å². The zero-order valence-corrected chi connectivity index (χ0v) is 8.25. The number of aliphatic hydroxyl groups excluding tert-OH is 1. The van der Waals surface area contributed by atoms with Gasteiger partial charge in [-0.15, -0.1) is 6.58 Å². The molecule has 0 unspecified atom stereocenters. The molecule has 0 spiro atoms. The third kappa shape index (κ3) is 4.52. The van der Waals surface area contributed by atoms with Crippen molar-refractivity contribution < 1.29 is 10.2 Å². The molecule has 2 atom stereocenters. The van der Waals surface area contributed by atoms with Crippen LogP contribution in [0.15, 0.2) is 12.7 Å². The molecule has 0 fully saturated rings. The van der Waals surface area contributed by atoms with Gasteiger partial charge in [-0.25, -0.2) is 0 Å². The maximum absolute atomic E-state index is 9.45. The Morgan fingerprint density at radius 2 is 1.92 bits per heavy atom. The fourth-order valence-corrected chi connectivity index (χ4v) is 0.892. The fraction of sp³-hybridized carbons (Fsp3) is 0.800. The third-order valence-corrected chi connectivity index (χ3v) is 2.11. The first-order chi connectivity index (χ1) is 5.38. The van der Waals surface area contributed by atoms with E-state index < -0.39 is 11.7 Å². The second-order valence-corrected chi connectivity index (χ2v) is 3.96. The first kappa shape index (κ1) is 11.7. The van der Waals surface area contributed by atoms with Gasteiger partial charge in [0.05, 0.1) is 11.7 Å². The van der Waals surface area contributed by atoms with Crippen molar-refractivity contribution in [1.82, 2.24) is 0 Å². The van der Waals surface area contributed by atoms with Crippen molar-refractivity contribution in [3.8, 4) is 0 Å². The molecule has 0 saturated heterocycles. The highest BCUT2D eigenvalue weighted by molar-refractivity contribution is 4.80. The summed E-state index contributed by atoms with van der Waals surface area (Å²) >= 11 is 0. The molecule has 0 aliphatic rings. The summed E-state index contributed by atoms with van der Waals surface area (Å²) in [6.07, 6.45) is 2.71. The topological polar surface area (TPSA) is 40.5 Å². The zero-order chi connectivity index (χ0) is 9.78. The monoisotopic (exact) mass is 172 g/mol. The van der Waals surface area contributed by atoms with Gasteiger partial charge in [-0.2, -0.15) is 0 Å². The van der Waals surface area contributed by atoms with Crippen LogP contribution in [0.1, 0.15) is 33.6 Å². The van der Waals surface area contributed by atoms with Gasteiger partial charge >= 0.3 is 0 Å². The average molecular weight is 172 g/mol. The van der Waals surface area contributed by atoms with Crippen molar-refractivity contribution in [2.24, 2.45) is 5.92 Å². The lowest BCUT2D eigenvalue weighted by Crippen LogP contribution is -2.35. The van der Waals surface area contributed by atoms with Gasteiger partial charge in [0, 0.05) is 0 Å². The lowest BCUT2D eigenvalue weighted by Gasteiger charge is -2.24. The first-order valence-corrected chi connectivity index (χ1v) is 4.41. The van der Waals surface area contributed by atoms with E-state index in [1.807, 2.05) is 13.0 Å². The van der Waals surface area contributed by atoms with Crippen molar-refractivity contribution in [3.05, 3.63) is 12.7 Å². The van der Waals surface area contributed by atoms with E-state index in [1.54, 1.807) is 13.8 Å². The molecule has 2 N–H and O–H groups in total. The van der Waals surface area contributed by atoms with Crippen LogP contribution in [0.2, 0.25) is 0 Å². The van der Waals surface area contributed by atoms with Gasteiger partial charge in [0.25, 0.3) is 0 Å². The minimum Gasteiger partial charge on any atom is -0.390 e. The van der Waals surface area contributed by atoms with Crippen LogP contribution >= 0.6 is 0 Å². The summed E-state index contributed by atoms with van der Waals surface area (Å²) in [5.41, 5.74) is -0.985. The number of rotatable bonds is 5. The minimum atomic E-state index is -0.985. The SMILES string of the molecule is C=C[C@H](C)CC[C@H](O)C(C)(C)O. The molecule has 0 aliphatic heterocycles. The largest absolute Gasteiger partial charge is 0.390 e. The van der Waals surface area contributed by atoms with Crippen LogP contribution in [-0.4, -0.2) is 21.9 Å². The molecule has 0 aromatic carbocycles. The molecule has 0 heterocycles. The van der Waals surface area contributed by atoms with E-state index >= 15 is 0 Å². The zero-order valence-electron chi connectivity index (χ0n) is 8.25. The molecule has 0 aliphatic carbocycles. The van der Waals surface area contributed by atoms with Gasteiger partial charge in [-0.3, -0.25) is 0 Å². The molecule has 0 aromatic rings. The van der Waals surface area contributed by atoms with E-state index in [0.717, 1.165) is 6.42 Å². The van der Waals surface area contributed by atoms with Gasteiger partial charge in [-0.1, -0.05) is 13.0 Å². The maximum atomic E-state index is 9.45. The smallest absolute Gasteiger partial charge is 0.0849 e. The quantitative estimate of drug-likeness (QED) is 0.620. The van der Waals surface area contributed by atoms with E-state index in [0.29, 0.717) is 12.3 Å². The summed E-state index contributed by atoms with van der Waals surface area (Å²) < 4.78 is 0. The number of hydrogen-bond acceptors (Lipinski definition) is 2. The van der Waals surface area contributed by atoms with E-state index in [2.05, 4.69) is 6.58 Å². The summed E-state index contributed by atoms with van der Waals surface area (Å²) in [5, 5.41) is 18.8. The number of hydrogen-bond donors (Lipinski definition) is 2. The van der Waals surface area contributed by atoms with Crippen LogP contribution in [0.5, 0.6) is 0 Å². The second-order valence-electron chi connectivity index (χ2n) is 3.96. The highest BCUT2D eigenvalue weighted by Crippen LogP contribution is 2.16. The van der Waals surface area contributed by atoms with Gasteiger partial charge in [0.15, 0.2) is 0 Å². The average Bonchev–Trinajstić information content (AvgIpc) is 1.97. The summed E-state index contributed by atoms with van der Waals surface area (Å²) in [7, 11) is 0. The van der Waals surface area contributed by atoms with Crippen molar-refractivity contribution in [2.75, 3.05) is 0 Å². The fourth-order valence-electron chi connectivity index (χ4n) is 0.892. The highest BCUT2D eigenvalue weighted by Gasteiger charge is 2.23. The van der Waals surface area contributed by atoms with Crippen molar-refractivity contribution in [1.29, 1.82) is 0 Å². The Balaban J connectivity index is 3.71. The van der Waals surface area contributed by atoms with Crippen LogP contribution in [0.4, 0.5) is 0 Å². The minimum absolute atomic E-state index is 0.405. The Hall–Kier alpha value is -0.340. The normalized spacial score (nSPS) is 17.1. The van der Waals surface area contributed by atoms with Crippen LogP contribution in [0, 0.1) is 5.92 Å². The van der Waals surface area contributed by atoms with Crippen LogP contribution in [0.25, 0.3) is 0 Å². The first-order valence-electron chi connectivity index (χ1n) is 4.41. The molecule has 0 amide bonds. The Morgan fingerprint density at radius 3 is 2.25 bits per heavy atom. The third-order valence-electron chi connectivity index (χ3n) is 2.11.